The fourth-order valence-corrected chi connectivity index (χ4v) is 3.33. The Balaban J connectivity index is 1.43. The predicted molar refractivity (Wildman–Crippen MR) is 79.3 cm³/mol. The van der Waals surface area contributed by atoms with E-state index < -0.39 is 0 Å². The molecule has 1 spiro atoms. The van der Waals surface area contributed by atoms with E-state index in [1.54, 1.807) is 0 Å². The summed E-state index contributed by atoms with van der Waals surface area (Å²) >= 11 is 6.00. The molecular formula is C15H18ClN3O2. The van der Waals surface area contributed by atoms with Crippen LogP contribution in [0.15, 0.2) is 24.5 Å². The largest absolute Gasteiger partial charge is 0.347 e. The zero-order valence-corrected chi connectivity index (χ0v) is 12.6. The minimum absolute atomic E-state index is 0.303. The van der Waals surface area contributed by atoms with E-state index in [1.807, 2.05) is 28.9 Å². The molecule has 21 heavy (non-hydrogen) atoms. The van der Waals surface area contributed by atoms with E-state index in [4.69, 9.17) is 21.1 Å². The number of likely N-dealkylation sites (tertiary alicyclic amines) is 1. The van der Waals surface area contributed by atoms with Crippen LogP contribution in [0.25, 0.3) is 5.65 Å². The van der Waals surface area contributed by atoms with Gasteiger partial charge in [-0.3, -0.25) is 4.90 Å². The first-order chi connectivity index (χ1) is 10.2. The first kappa shape index (κ1) is 13.5. The highest BCUT2D eigenvalue weighted by atomic mass is 35.5. The number of ether oxygens (including phenoxy) is 2. The molecule has 0 radical (unpaired) electrons. The van der Waals surface area contributed by atoms with E-state index in [0.29, 0.717) is 0 Å². The topological polar surface area (TPSA) is 39.0 Å². The standard InChI is InChI=1S/C15H18ClN3O2/c16-12-1-2-14-17-13(11-19(14)9-12)10-18-5-3-15(4-6-18)20-7-8-21-15/h1-2,9,11H,3-8,10H2. The van der Waals surface area contributed by atoms with E-state index >= 15 is 0 Å². The lowest BCUT2D eigenvalue weighted by molar-refractivity contribution is -0.185. The van der Waals surface area contributed by atoms with Gasteiger partial charge < -0.3 is 13.9 Å². The van der Waals surface area contributed by atoms with Crippen molar-refractivity contribution in [3.63, 3.8) is 0 Å². The van der Waals surface area contributed by atoms with Gasteiger partial charge in [0.2, 0.25) is 0 Å². The van der Waals surface area contributed by atoms with Crippen LogP contribution in [-0.2, 0) is 16.0 Å². The molecule has 2 aromatic rings. The Morgan fingerprint density at radius 3 is 2.67 bits per heavy atom. The molecule has 4 rings (SSSR count). The van der Waals surface area contributed by atoms with Crippen LogP contribution in [0.2, 0.25) is 5.02 Å². The van der Waals surface area contributed by atoms with Gasteiger partial charge in [-0.2, -0.15) is 0 Å². The highest BCUT2D eigenvalue weighted by Gasteiger charge is 2.39. The molecule has 4 heterocycles. The Morgan fingerprint density at radius 2 is 1.90 bits per heavy atom. The number of imidazole rings is 1. The molecule has 0 unspecified atom stereocenters. The van der Waals surface area contributed by atoms with Crippen LogP contribution in [-0.4, -0.2) is 46.4 Å². The van der Waals surface area contributed by atoms with Crippen molar-refractivity contribution >= 4 is 17.2 Å². The van der Waals surface area contributed by atoms with Crippen LogP contribution in [0, 0.1) is 0 Å². The second-order valence-corrected chi connectivity index (χ2v) is 6.17. The summed E-state index contributed by atoms with van der Waals surface area (Å²) in [5.41, 5.74) is 2.01. The highest BCUT2D eigenvalue weighted by Crippen LogP contribution is 2.31. The molecule has 112 valence electrons. The SMILES string of the molecule is Clc1ccc2nc(CN3CCC4(CC3)OCCO4)cn2c1. The second kappa shape index (κ2) is 5.25. The van der Waals surface area contributed by atoms with Gasteiger partial charge in [-0.05, 0) is 12.1 Å². The summed E-state index contributed by atoms with van der Waals surface area (Å²) in [6.07, 6.45) is 5.81. The third kappa shape index (κ3) is 2.66. The molecule has 0 N–H and O–H groups in total. The Labute approximate surface area is 128 Å². The summed E-state index contributed by atoms with van der Waals surface area (Å²) in [7, 11) is 0. The summed E-state index contributed by atoms with van der Waals surface area (Å²) in [4.78, 5) is 7.04. The van der Waals surface area contributed by atoms with Crippen molar-refractivity contribution < 1.29 is 9.47 Å². The maximum absolute atomic E-state index is 6.00. The van der Waals surface area contributed by atoms with Gasteiger partial charge >= 0.3 is 0 Å². The van der Waals surface area contributed by atoms with E-state index in [1.165, 1.54) is 0 Å². The normalized spacial score (nSPS) is 22.3. The smallest absolute Gasteiger partial charge is 0.170 e. The Morgan fingerprint density at radius 1 is 1.14 bits per heavy atom. The number of fused-ring (bicyclic) bond motifs is 1. The van der Waals surface area contributed by atoms with Crippen LogP contribution in [0.4, 0.5) is 0 Å². The lowest BCUT2D eigenvalue weighted by Crippen LogP contribution is -2.44. The lowest BCUT2D eigenvalue weighted by atomic mass is 10.0. The molecule has 0 aromatic carbocycles. The van der Waals surface area contributed by atoms with Crippen LogP contribution in [0.3, 0.4) is 0 Å². The highest BCUT2D eigenvalue weighted by molar-refractivity contribution is 6.30. The Bertz CT molecular complexity index is 641. The maximum Gasteiger partial charge on any atom is 0.170 e. The molecule has 0 bridgehead atoms. The molecule has 2 fully saturated rings. The first-order valence-corrected chi connectivity index (χ1v) is 7.74. The summed E-state index contributed by atoms with van der Waals surface area (Å²) in [6.45, 7) is 4.28. The molecule has 6 heteroatoms. The van der Waals surface area contributed by atoms with Crippen molar-refractivity contribution in [2.45, 2.75) is 25.2 Å². The van der Waals surface area contributed by atoms with Gasteiger partial charge in [0.15, 0.2) is 5.79 Å². The maximum atomic E-state index is 6.00. The Hall–Kier alpha value is -1.14. The molecule has 0 amide bonds. The zero-order chi connectivity index (χ0) is 14.3. The summed E-state index contributed by atoms with van der Waals surface area (Å²) in [5, 5.41) is 0.724. The molecule has 2 aromatic heterocycles. The van der Waals surface area contributed by atoms with Crippen molar-refractivity contribution in [3.8, 4) is 0 Å². The number of halogens is 1. The van der Waals surface area contributed by atoms with Gasteiger partial charge in [-0.1, -0.05) is 11.6 Å². The van der Waals surface area contributed by atoms with Gasteiger partial charge in [0, 0.05) is 44.9 Å². The third-order valence-electron chi connectivity index (χ3n) is 4.28. The van der Waals surface area contributed by atoms with Gasteiger partial charge in [-0.15, -0.1) is 0 Å². The lowest BCUT2D eigenvalue weighted by Gasteiger charge is -2.37. The molecular weight excluding hydrogens is 290 g/mol. The minimum Gasteiger partial charge on any atom is -0.347 e. The fourth-order valence-electron chi connectivity index (χ4n) is 3.16. The Kier molecular flexibility index (Phi) is 3.38. The van der Waals surface area contributed by atoms with E-state index in [2.05, 4.69) is 9.88 Å². The molecule has 0 aliphatic carbocycles. The average molecular weight is 308 g/mol. The van der Waals surface area contributed by atoms with Gasteiger partial charge in [0.25, 0.3) is 0 Å². The first-order valence-electron chi connectivity index (χ1n) is 7.36. The summed E-state index contributed by atoms with van der Waals surface area (Å²) in [5.74, 6) is -0.303. The zero-order valence-electron chi connectivity index (χ0n) is 11.8. The average Bonchev–Trinajstić information content (AvgIpc) is 3.08. The predicted octanol–water partition coefficient (Wildman–Crippen LogP) is 2.33. The van der Waals surface area contributed by atoms with Crippen molar-refractivity contribution in [2.75, 3.05) is 26.3 Å². The van der Waals surface area contributed by atoms with E-state index in [0.717, 1.165) is 62.1 Å². The summed E-state index contributed by atoms with van der Waals surface area (Å²) in [6, 6.07) is 3.81. The number of rotatable bonds is 2. The second-order valence-electron chi connectivity index (χ2n) is 5.73. The molecule has 0 saturated carbocycles. The van der Waals surface area contributed by atoms with Crippen LogP contribution >= 0.6 is 11.6 Å². The van der Waals surface area contributed by atoms with Gasteiger partial charge in [-0.25, -0.2) is 4.98 Å². The number of piperidine rings is 1. The van der Waals surface area contributed by atoms with Crippen molar-refractivity contribution in [1.82, 2.24) is 14.3 Å². The fraction of sp³-hybridized carbons (Fsp3) is 0.533. The number of nitrogens with zero attached hydrogens (tertiary/aromatic N) is 3. The molecule has 0 atom stereocenters. The van der Waals surface area contributed by atoms with Gasteiger partial charge in [0.05, 0.1) is 23.9 Å². The molecule has 2 aliphatic rings. The molecule has 2 saturated heterocycles. The van der Waals surface area contributed by atoms with Crippen LogP contribution in [0.1, 0.15) is 18.5 Å². The van der Waals surface area contributed by atoms with E-state index in [-0.39, 0.29) is 5.79 Å². The number of hydrogen-bond donors (Lipinski definition) is 0. The van der Waals surface area contributed by atoms with Crippen LogP contribution < -0.4 is 0 Å². The monoisotopic (exact) mass is 307 g/mol. The quantitative estimate of drug-likeness (QED) is 0.853. The number of pyridine rings is 1. The molecule has 2 aliphatic heterocycles. The van der Waals surface area contributed by atoms with Crippen molar-refractivity contribution in [2.24, 2.45) is 0 Å². The summed E-state index contributed by atoms with van der Waals surface area (Å²) < 4.78 is 13.5. The number of hydrogen-bond acceptors (Lipinski definition) is 4. The van der Waals surface area contributed by atoms with Crippen LogP contribution in [0.5, 0.6) is 0 Å². The number of aromatic nitrogens is 2. The minimum atomic E-state index is -0.303. The van der Waals surface area contributed by atoms with Crippen molar-refractivity contribution in [1.29, 1.82) is 0 Å². The van der Waals surface area contributed by atoms with Crippen molar-refractivity contribution in [3.05, 3.63) is 35.2 Å². The van der Waals surface area contributed by atoms with E-state index in [9.17, 15) is 0 Å². The third-order valence-corrected chi connectivity index (χ3v) is 4.51. The van der Waals surface area contributed by atoms with Gasteiger partial charge in [0.1, 0.15) is 5.65 Å². The molecule has 5 nitrogen and oxygen atoms in total.